The molecular formula is C28H48FeP2. The molecule has 1 spiro atoms. The SMILES string of the molecule is CC(C)(C)P(C[C]12[C]3(CP)[CH]4[CH]5[C]1(C(C)(C)C)[Fe]45321678[CH]2[CH]1[CH]6[C]7(C(C)(C)C)[CH]28)C(C)(C)C. The van der Waals surface area contributed by atoms with E-state index in [1.807, 2.05) is 0 Å². The molecule has 10 aliphatic rings. The predicted molar refractivity (Wildman–Crippen MR) is 138 cm³/mol. The van der Waals surface area contributed by atoms with Gasteiger partial charge in [-0.25, -0.2) is 0 Å². The van der Waals surface area contributed by atoms with Crippen LogP contribution in [0.15, 0.2) is 0 Å². The molecule has 0 amide bonds. The molecule has 0 saturated carbocycles. The Hall–Kier alpha value is 1.38. The van der Waals surface area contributed by atoms with Crippen LogP contribution < -0.4 is 0 Å². The van der Waals surface area contributed by atoms with E-state index in [1.165, 1.54) is 35.1 Å². The summed E-state index contributed by atoms with van der Waals surface area (Å²) in [5.74, 6) is 0. The molecule has 0 aromatic carbocycles. The van der Waals surface area contributed by atoms with Crippen molar-refractivity contribution in [3.63, 3.8) is 0 Å². The van der Waals surface area contributed by atoms with Crippen LogP contribution in [-0.2, 0) is 6.51 Å². The van der Waals surface area contributed by atoms with Crippen molar-refractivity contribution in [1.82, 2.24) is 0 Å². The fourth-order valence-electron chi connectivity index (χ4n) is 25.3. The van der Waals surface area contributed by atoms with Crippen LogP contribution in [0.1, 0.15) is 83.1 Å². The molecule has 10 aliphatic heterocycles. The van der Waals surface area contributed by atoms with Crippen molar-refractivity contribution in [2.24, 2.45) is 10.8 Å². The number of fused-ring (bicyclic) bond motifs is 10. The Bertz CT molecular complexity index is 1490. The zero-order valence-electron chi connectivity index (χ0n) is 22.3. The maximum atomic E-state index is 3.45. The van der Waals surface area contributed by atoms with Gasteiger partial charge in [-0.15, -0.1) is 0 Å². The van der Waals surface area contributed by atoms with Gasteiger partial charge in [0.25, 0.3) is 0 Å². The molecule has 10 heterocycles. The zero-order valence-corrected chi connectivity index (χ0v) is 25.4. The Morgan fingerprint density at radius 2 is 1.19 bits per heavy atom. The summed E-state index contributed by atoms with van der Waals surface area (Å²) in [5.41, 5.74) is 1.13. The van der Waals surface area contributed by atoms with Crippen molar-refractivity contribution >= 4 is 17.2 Å². The molecule has 178 valence electrons. The van der Waals surface area contributed by atoms with Gasteiger partial charge in [0.2, 0.25) is 0 Å². The Kier molecular flexibility index (Phi) is 1.26. The molecule has 3 heteroatoms. The standard InChI is InChI=1S/C19H35P2.C9H13.Fe/c1-17(2,3)16-11-10-14(12-20)15(16)13-21(18(4,5)6)19(7,8)9;1-9(2,3)8-6-4-5-7-8;/h10-11H,12-13,20H2,1-9H3;4-7H,1-3H3;. The summed E-state index contributed by atoms with van der Waals surface area (Å²) in [6, 6.07) is 0. The van der Waals surface area contributed by atoms with Gasteiger partial charge in [-0.05, 0) is 0 Å². The summed E-state index contributed by atoms with van der Waals surface area (Å²) in [4.78, 5) is 8.00. The van der Waals surface area contributed by atoms with Crippen molar-refractivity contribution in [2.75, 3.05) is 12.3 Å². The molecule has 10 unspecified atom stereocenters. The predicted octanol–water partition coefficient (Wildman–Crippen LogP) is 9.90. The van der Waals surface area contributed by atoms with Crippen molar-refractivity contribution in [3.8, 4) is 0 Å². The Morgan fingerprint density at radius 1 is 0.710 bits per heavy atom. The Labute approximate surface area is 185 Å². The van der Waals surface area contributed by atoms with E-state index in [0.717, 1.165) is 17.3 Å². The van der Waals surface area contributed by atoms with Crippen molar-refractivity contribution in [3.05, 3.63) is 0 Å². The number of hydrogen-bond acceptors (Lipinski definition) is 0. The van der Waals surface area contributed by atoms with E-state index in [2.05, 4.69) is 92.3 Å². The molecule has 0 radical (unpaired) electrons. The minimum atomic E-state index is -3.85. The third kappa shape index (κ3) is 0.315. The van der Waals surface area contributed by atoms with Gasteiger partial charge in [0.1, 0.15) is 0 Å². The average molecular weight is 502 g/mol. The van der Waals surface area contributed by atoms with E-state index in [4.69, 9.17) is 0 Å². The Morgan fingerprint density at radius 3 is 1.48 bits per heavy atom. The van der Waals surface area contributed by atoms with Crippen LogP contribution in [0, 0.1) is 10.8 Å². The summed E-state index contributed by atoms with van der Waals surface area (Å²) in [6.45, 7) is 28.4. The molecule has 10 saturated heterocycles. The topological polar surface area (TPSA) is 0 Å². The van der Waals surface area contributed by atoms with Gasteiger partial charge in [-0.1, -0.05) is 0 Å². The van der Waals surface area contributed by atoms with Gasteiger partial charge in [0.15, 0.2) is 0 Å². The molecule has 0 N–H and O–H groups in total. The average Bonchev–Trinajstić information content (AvgIpc) is 3.48. The van der Waals surface area contributed by atoms with E-state index in [1.54, 1.807) is 6.16 Å². The maximum absolute atomic E-state index is 3.85. The van der Waals surface area contributed by atoms with Crippen LogP contribution in [0.5, 0.6) is 0 Å². The van der Waals surface area contributed by atoms with Crippen LogP contribution in [0.25, 0.3) is 0 Å². The van der Waals surface area contributed by atoms with Gasteiger partial charge in [0, 0.05) is 0 Å². The third-order valence-electron chi connectivity index (χ3n) is 20.3. The van der Waals surface area contributed by atoms with Crippen LogP contribution >= 0.6 is 17.2 Å². The third-order valence-corrected chi connectivity index (χ3v) is 71.5. The first-order valence-corrected chi connectivity index (χ1v) is 21.7. The number of hydrogen-bond donors (Lipinski definition) is 0. The molecule has 10 fully saturated rings. The van der Waals surface area contributed by atoms with Gasteiger partial charge in [-0.3, -0.25) is 0 Å². The van der Waals surface area contributed by atoms with Gasteiger partial charge >= 0.3 is 186 Å². The molecular weight excluding hydrogens is 454 g/mol. The molecule has 0 bridgehead atoms. The minimum absolute atomic E-state index is 0.00214. The monoisotopic (exact) mass is 502 g/mol. The van der Waals surface area contributed by atoms with E-state index in [-0.39, 0.29) is 7.92 Å². The summed E-state index contributed by atoms with van der Waals surface area (Å²) in [5, 5.41) is 0.954. The van der Waals surface area contributed by atoms with E-state index in [9.17, 15) is 0 Å². The van der Waals surface area contributed by atoms with Gasteiger partial charge in [-0.2, -0.15) is 0 Å². The van der Waals surface area contributed by atoms with Crippen molar-refractivity contribution < 1.29 is 6.51 Å². The second kappa shape index (κ2) is 2.10. The Balaban J connectivity index is 1.37. The second-order valence-electron chi connectivity index (χ2n) is 19.8. The van der Waals surface area contributed by atoms with Crippen LogP contribution in [0.2, 0.25) is 46.2 Å². The first-order chi connectivity index (χ1) is 13.6. The first-order valence-electron chi connectivity index (χ1n) is 13.3. The van der Waals surface area contributed by atoms with Crippen LogP contribution in [0.4, 0.5) is 0 Å². The molecule has 10 atom stereocenters. The van der Waals surface area contributed by atoms with Gasteiger partial charge in [0.05, 0.1) is 0 Å². The van der Waals surface area contributed by atoms with E-state index in [0.29, 0.717) is 21.1 Å². The quantitative estimate of drug-likeness (QED) is 0.266. The fourth-order valence-corrected chi connectivity index (χ4v) is 123. The van der Waals surface area contributed by atoms with Gasteiger partial charge < -0.3 is 0 Å². The molecule has 0 aliphatic carbocycles. The molecule has 0 nitrogen and oxygen atoms in total. The van der Waals surface area contributed by atoms with Crippen molar-refractivity contribution in [2.45, 2.75) is 140 Å². The molecule has 0 aromatic rings. The summed E-state index contributed by atoms with van der Waals surface area (Å²) in [7, 11) is 3.45. The second-order valence-corrected chi connectivity index (χ2v) is 46.9. The molecule has 0 aromatic heterocycles. The summed E-state index contributed by atoms with van der Waals surface area (Å²) in [6.07, 6.45) is 3.22. The first kappa shape index (κ1) is 18.6. The van der Waals surface area contributed by atoms with Crippen LogP contribution in [-0.4, -0.2) is 22.6 Å². The normalized spacial score (nSPS) is 80.6. The molecule has 10 rings (SSSR count). The van der Waals surface area contributed by atoms with Crippen molar-refractivity contribution in [1.29, 1.82) is 0 Å². The van der Waals surface area contributed by atoms with Crippen LogP contribution in [0.3, 0.4) is 0 Å². The summed E-state index contributed by atoms with van der Waals surface area (Å²) >= 11 is 0. The molecule has 31 heavy (non-hydrogen) atoms. The van der Waals surface area contributed by atoms with E-state index >= 15 is 0 Å². The van der Waals surface area contributed by atoms with E-state index < -0.39 is 6.51 Å². The summed E-state index contributed by atoms with van der Waals surface area (Å²) < 4.78 is 3.59. The number of rotatable bonds is 3. The zero-order chi connectivity index (χ0) is 22.8. The fraction of sp³-hybridized carbons (Fsp3) is 1.00.